The first-order valence-corrected chi connectivity index (χ1v) is 14.0. The highest BCUT2D eigenvalue weighted by Gasteiger charge is 2.36. The molecule has 0 radical (unpaired) electrons. The lowest BCUT2D eigenvalue weighted by atomic mass is 9.98. The van der Waals surface area contributed by atoms with Crippen LogP contribution in [0.5, 0.6) is 0 Å². The second-order valence-corrected chi connectivity index (χ2v) is 11.4. The Morgan fingerprint density at radius 2 is 1.44 bits per heavy atom. The molecule has 0 aliphatic carbocycles. The number of likely N-dealkylation sites (N-methyl/N-ethyl adjacent to an activating group) is 2. The Kier molecular flexibility index (Phi) is 11.1. The summed E-state index contributed by atoms with van der Waals surface area (Å²) >= 11 is 0. The maximum atomic E-state index is 14.1. The number of hydrogen-bond donors (Lipinski definition) is 2. The summed E-state index contributed by atoms with van der Waals surface area (Å²) in [5, 5.41) is 3.88. The van der Waals surface area contributed by atoms with Gasteiger partial charge >= 0.3 is 6.18 Å². The predicted octanol–water partition coefficient (Wildman–Crippen LogP) is 4.64. The number of amides is 3. The van der Waals surface area contributed by atoms with Crippen molar-refractivity contribution in [1.29, 1.82) is 0 Å². The molecule has 3 N–H and O–H groups in total. The number of alkyl halides is 3. The van der Waals surface area contributed by atoms with Crippen molar-refractivity contribution < 1.29 is 27.6 Å². The number of fused-ring (bicyclic) bond motifs is 1. The zero-order valence-electron chi connectivity index (χ0n) is 24.9. The average Bonchev–Trinajstić information content (AvgIpc) is 2.95. The quantitative estimate of drug-likeness (QED) is 0.298. The molecular formula is C33H39F3N4O3. The van der Waals surface area contributed by atoms with E-state index in [9.17, 15) is 27.6 Å². The number of nitrogens with two attached hydrogens (primary N) is 1. The molecule has 0 aliphatic heterocycles. The monoisotopic (exact) mass is 596 g/mol. The van der Waals surface area contributed by atoms with Crippen molar-refractivity contribution >= 4 is 28.5 Å². The summed E-state index contributed by atoms with van der Waals surface area (Å²) in [6.45, 7) is 2.12. The zero-order chi connectivity index (χ0) is 31.8. The Morgan fingerprint density at radius 3 is 2.07 bits per heavy atom. The maximum absolute atomic E-state index is 14.1. The molecule has 2 unspecified atom stereocenters. The van der Waals surface area contributed by atoms with Gasteiger partial charge < -0.3 is 20.9 Å². The van der Waals surface area contributed by atoms with Gasteiger partial charge in [0, 0.05) is 32.5 Å². The van der Waals surface area contributed by atoms with Gasteiger partial charge in [-0.15, -0.1) is 0 Å². The number of benzene rings is 3. The van der Waals surface area contributed by atoms with Gasteiger partial charge in [-0.25, -0.2) is 0 Å². The molecule has 0 aromatic heterocycles. The van der Waals surface area contributed by atoms with Crippen molar-refractivity contribution in [3.05, 3.63) is 96.1 Å². The van der Waals surface area contributed by atoms with Crippen LogP contribution in [0.1, 0.15) is 31.4 Å². The highest BCUT2D eigenvalue weighted by atomic mass is 19.4. The van der Waals surface area contributed by atoms with E-state index < -0.39 is 48.1 Å². The first-order chi connectivity index (χ1) is 20.1. The zero-order valence-corrected chi connectivity index (χ0v) is 24.9. The summed E-state index contributed by atoms with van der Waals surface area (Å²) < 4.78 is 38.9. The third-order valence-corrected chi connectivity index (χ3v) is 7.10. The molecule has 0 saturated carbocycles. The van der Waals surface area contributed by atoms with Gasteiger partial charge in [-0.05, 0) is 48.2 Å². The smallest absolute Gasteiger partial charge is 0.345 e. The number of halogens is 3. The molecule has 230 valence electrons. The lowest BCUT2D eigenvalue weighted by Crippen LogP contribution is -2.56. The van der Waals surface area contributed by atoms with E-state index in [1.807, 2.05) is 61.6 Å². The fraction of sp³-hybridized carbons (Fsp3) is 0.364. The van der Waals surface area contributed by atoms with Crippen molar-refractivity contribution in [1.82, 2.24) is 15.1 Å². The first kappa shape index (κ1) is 33.3. The number of carbonyl (C=O) groups excluding carboxylic acids is 3. The highest BCUT2D eigenvalue weighted by Crippen LogP contribution is 2.21. The fourth-order valence-corrected chi connectivity index (χ4v) is 4.65. The molecule has 0 saturated heterocycles. The Bertz CT molecular complexity index is 1430. The average molecular weight is 597 g/mol. The van der Waals surface area contributed by atoms with E-state index in [2.05, 4.69) is 0 Å². The van der Waals surface area contributed by atoms with Crippen LogP contribution in [0.4, 0.5) is 13.2 Å². The highest BCUT2D eigenvalue weighted by molar-refractivity contribution is 5.95. The van der Waals surface area contributed by atoms with Crippen molar-refractivity contribution in [3.63, 3.8) is 0 Å². The molecule has 7 nitrogen and oxygen atoms in total. The second kappa shape index (κ2) is 14.3. The van der Waals surface area contributed by atoms with E-state index in [1.54, 1.807) is 36.4 Å². The molecule has 0 bridgehead atoms. The Balaban J connectivity index is 1.96. The number of nitrogens with zero attached hydrogens (tertiary/aromatic N) is 2. The van der Waals surface area contributed by atoms with E-state index in [1.165, 1.54) is 25.1 Å². The third-order valence-electron chi connectivity index (χ3n) is 7.10. The van der Waals surface area contributed by atoms with Gasteiger partial charge in [0.25, 0.3) is 0 Å². The van der Waals surface area contributed by atoms with E-state index in [0.29, 0.717) is 12.0 Å². The van der Waals surface area contributed by atoms with E-state index in [-0.39, 0.29) is 12.8 Å². The molecule has 43 heavy (non-hydrogen) atoms. The van der Waals surface area contributed by atoms with Crippen LogP contribution in [-0.2, 0) is 27.2 Å². The summed E-state index contributed by atoms with van der Waals surface area (Å²) in [7, 11) is 2.87. The lowest BCUT2D eigenvalue weighted by Gasteiger charge is -2.34. The van der Waals surface area contributed by atoms with Crippen molar-refractivity contribution in [2.24, 2.45) is 5.73 Å². The predicted molar refractivity (Wildman–Crippen MR) is 162 cm³/mol. The molecule has 3 aromatic carbocycles. The largest absolute Gasteiger partial charge is 0.405 e. The standard InChI is InChI=1S/C33H39F3N4O3/c1-32(2,37)18-10-15-29(41)39(3)28(21-24-16-17-25-13-8-9-14-26(25)19-24)31(43)40(4)27(20-23-11-6-5-7-12-23)30(42)38-22-33(34,35)36/h5-17,19,27-28H,18,20-22,37H2,1-4H3,(H,38,42)/b15-10+. The van der Waals surface area contributed by atoms with E-state index in [0.717, 1.165) is 21.2 Å². The van der Waals surface area contributed by atoms with Gasteiger partial charge in [0.1, 0.15) is 18.6 Å². The minimum atomic E-state index is -4.62. The van der Waals surface area contributed by atoms with E-state index >= 15 is 0 Å². The molecule has 0 aliphatic rings. The van der Waals surface area contributed by atoms with Crippen LogP contribution in [0.3, 0.4) is 0 Å². The number of hydrogen-bond acceptors (Lipinski definition) is 4. The summed E-state index contributed by atoms with van der Waals surface area (Å²) in [5.41, 5.74) is 6.93. The molecule has 3 rings (SSSR count). The minimum absolute atomic E-state index is 0.0153. The van der Waals surface area contributed by atoms with Gasteiger partial charge in [-0.1, -0.05) is 78.9 Å². The van der Waals surface area contributed by atoms with Crippen LogP contribution in [0, 0.1) is 0 Å². The van der Waals surface area contributed by atoms with Crippen LogP contribution in [0.2, 0.25) is 0 Å². The molecule has 0 spiro atoms. The van der Waals surface area contributed by atoms with Gasteiger partial charge in [-0.3, -0.25) is 14.4 Å². The first-order valence-electron chi connectivity index (χ1n) is 14.0. The molecule has 0 heterocycles. The molecule has 3 amide bonds. The fourth-order valence-electron chi connectivity index (χ4n) is 4.65. The summed E-state index contributed by atoms with van der Waals surface area (Å²) in [6.07, 6.45) is -1.09. The lowest BCUT2D eigenvalue weighted by molar-refractivity contribution is -0.149. The Labute approximate surface area is 250 Å². The molecule has 3 aromatic rings. The Hall–Kier alpha value is -4.18. The van der Waals surface area contributed by atoms with Crippen molar-refractivity contribution in [2.45, 2.75) is 56.9 Å². The number of nitrogens with one attached hydrogen (secondary N) is 1. The molecule has 0 fully saturated rings. The maximum Gasteiger partial charge on any atom is 0.405 e. The molecule has 2 atom stereocenters. The topological polar surface area (TPSA) is 95.7 Å². The van der Waals surface area contributed by atoms with E-state index in [4.69, 9.17) is 5.73 Å². The normalized spacial score (nSPS) is 13.5. The van der Waals surface area contributed by atoms with Gasteiger partial charge in [-0.2, -0.15) is 13.2 Å². The van der Waals surface area contributed by atoms with Crippen molar-refractivity contribution in [2.75, 3.05) is 20.6 Å². The van der Waals surface area contributed by atoms with Crippen LogP contribution in [0.15, 0.2) is 84.9 Å². The van der Waals surface area contributed by atoms with Crippen LogP contribution in [0.25, 0.3) is 10.8 Å². The minimum Gasteiger partial charge on any atom is -0.345 e. The SMILES string of the molecule is CN(C(=O)/C=C/CC(C)(C)N)C(Cc1ccc2ccccc2c1)C(=O)N(C)C(Cc1ccccc1)C(=O)NCC(F)(F)F. The van der Waals surface area contributed by atoms with Crippen LogP contribution in [-0.4, -0.2) is 72.0 Å². The summed E-state index contributed by atoms with van der Waals surface area (Å²) in [5.74, 6) is -1.97. The summed E-state index contributed by atoms with van der Waals surface area (Å²) in [4.78, 5) is 42.9. The van der Waals surface area contributed by atoms with Gasteiger partial charge in [0.2, 0.25) is 17.7 Å². The van der Waals surface area contributed by atoms with Crippen LogP contribution >= 0.6 is 0 Å². The second-order valence-electron chi connectivity index (χ2n) is 11.4. The van der Waals surface area contributed by atoms with Gasteiger partial charge in [0.05, 0.1) is 0 Å². The van der Waals surface area contributed by atoms with Gasteiger partial charge in [0.15, 0.2) is 0 Å². The number of rotatable bonds is 12. The summed E-state index contributed by atoms with van der Waals surface area (Å²) in [6, 6.07) is 19.8. The molecular weight excluding hydrogens is 557 g/mol. The van der Waals surface area contributed by atoms with Crippen LogP contribution < -0.4 is 11.1 Å². The number of carbonyl (C=O) groups is 3. The molecule has 10 heteroatoms. The Morgan fingerprint density at radius 1 is 0.837 bits per heavy atom. The van der Waals surface area contributed by atoms with Crippen molar-refractivity contribution in [3.8, 4) is 0 Å². The third kappa shape index (κ3) is 10.2.